The minimum Gasteiger partial charge on any atom is -0.478 e. The van der Waals surface area contributed by atoms with E-state index in [9.17, 15) is 9.59 Å². The van der Waals surface area contributed by atoms with Gasteiger partial charge in [-0.1, -0.05) is 60.7 Å². The Morgan fingerprint density at radius 1 is 0.871 bits per heavy atom. The lowest BCUT2D eigenvalue weighted by molar-refractivity contribution is -0.115. The molecular formula is C25H21N3O3. The largest absolute Gasteiger partial charge is 0.478 e. The molecule has 0 bridgehead atoms. The summed E-state index contributed by atoms with van der Waals surface area (Å²) in [6, 6.07) is 24.1. The molecule has 0 aliphatic rings. The molecule has 6 heteroatoms. The van der Waals surface area contributed by atoms with Gasteiger partial charge in [-0.2, -0.15) is 5.10 Å². The quantitative estimate of drug-likeness (QED) is 0.470. The van der Waals surface area contributed by atoms with Crippen LogP contribution in [0.25, 0.3) is 11.1 Å². The zero-order valence-corrected chi connectivity index (χ0v) is 16.7. The third-order valence-corrected chi connectivity index (χ3v) is 4.87. The van der Waals surface area contributed by atoms with Crippen LogP contribution < -0.4 is 5.32 Å². The average molecular weight is 411 g/mol. The van der Waals surface area contributed by atoms with Crippen LogP contribution in [0.4, 0.5) is 5.69 Å². The molecule has 1 amide bonds. The van der Waals surface area contributed by atoms with Gasteiger partial charge >= 0.3 is 5.97 Å². The molecule has 4 aromatic rings. The molecule has 0 atom stereocenters. The van der Waals surface area contributed by atoms with Gasteiger partial charge in [0.2, 0.25) is 5.91 Å². The summed E-state index contributed by atoms with van der Waals surface area (Å²) in [4.78, 5) is 23.4. The maximum Gasteiger partial charge on any atom is 0.335 e. The Balaban J connectivity index is 1.38. The van der Waals surface area contributed by atoms with Crippen molar-refractivity contribution in [3.05, 3.63) is 108 Å². The smallest absolute Gasteiger partial charge is 0.335 e. The summed E-state index contributed by atoms with van der Waals surface area (Å²) in [6.45, 7) is 0.710. The molecule has 0 saturated carbocycles. The third-order valence-electron chi connectivity index (χ3n) is 4.87. The number of nitrogens with one attached hydrogen (secondary N) is 1. The highest BCUT2D eigenvalue weighted by Gasteiger charge is 2.08. The summed E-state index contributed by atoms with van der Waals surface area (Å²) in [5.41, 5.74) is 4.69. The Labute approximate surface area is 179 Å². The molecule has 0 spiro atoms. The van der Waals surface area contributed by atoms with Crippen LogP contribution in [0.5, 0.6) is 0 Å². The highest BCUT2D eigenvalue weighted by atomic mass is 16.4. The van der Waals surface area contributed by atoms with Gasteiger partial charge in [-0.3, -0.25) is 9.48 Å². The highest BCUT2D eigenvalue weighted by Crippen LogP contribution is 2.20. The summed E-state index contributed by atoms with van der Waals surface area (Å²) in [5.74, 6) is -1.23. The van der Waals surface area contributed by atoms with E-state index in [-0.39, 0.29) is 17.9 Å². The van der Waals surface area contributed by atoms with Crippen molar-refractivity contribution >= 4 is 17.6 Å². The number of carbonyl (C=O) groups excluding carboxylic acids is 1. The van der Waals surface area contributed by atoms with Gasteiger partial charge in [-0.25, -0.2) is 4.79 Å². The molecule has 4 rings (SSSR count). The number of carbonyl (C=O) groups is 2. The standard InChI is InChI=1S/C25H21N3O3/c29-24(27-23-8-4-7-21(14-23)25(30)31)13-18-9-11-20(12-10-18)22-15-26-28(17-22)16-19-5-2-1-3-6-19/h1-12,14-15,17H,13,16H2,(H,27,29)(H,30,31). The Morgan fingerprint density at radius 2 is 1.65 bits per heavy atom. The highest BCUT2D eigenvalue weighted by molar-refractivity contribution is 5.94. The van der Waals surface area contributed by atoms with E-state index in [1.54, 1.807) is 12.1 Å². The lowest BCUT2D eigenvalue weighted by Crippen LogP contribution is -2.14. The minimum absolute atomic E-state index is 0.134. The number of rotatable bonds is 7. The summed E-state index contributed by atoms with van der Waals surface area (Å²) in [6.07, 6.45) is 4.04. The van der Waals surface area contributed by atoms with Gasteiger partial charge in [0.25, 0.3) is 0 Å². The number of hydrogen-bond donors (Lipinski definition) is 2. The van der Waals surface area contributed by atoms with E-state index in [1.165, 1.54) is 17.7 Å². The molecule has 0 aliphatic carbocycles. The van der Waals surface area contributed by atoms with Crippen molar-refractivity contribution in [3.8, 4) is 11.1 Å². The van der Waals surface area contributed by atoms with E-state index < -0.39 is 5.97 Å². The number of nitrogens with zero attached hydrogens (tertiary/aromatic N) is 2. The van der Waals surface area contributed by atoms with Crippen LogP contribution in [0.1, 0.15) is 21.5 Å². The second-order valence-electron chi connectivity index (χ2n) is 7.22. The first-order chi connectivity index (χ1) is 15.1. The van der Waals surface area contributed by atoms with Crippen molar-refractivity contribution in [2.75, 3.05) is 5.32 Å². The zero-order valence-electron chi connectivity index (χ0n) is 16.7. The molecule has 3 aromatic carbocycles. The first-order valence-corrected chi connectivity index (χ1v) is 9.86. The van der Waals surface area contributed by atoms with Crippen LogP contribution >= 0.6 is 0 Å². The normalized spacial score (nSPS) is 10.6. The van der Waals surface area contributed by atoms with Crippen LogP contribution in [-0.2, 0) is 17.8 Å². The van der Waals surface area contributed by atoms with E-state index in [1.807, 2.05) is 59.5 Å². The van der Waals surface area contributed by atoms with Crippen LogP contribution in [0.3, 0.4) is 0 Å². The van der Waals surface area contributed by atoms with Gasteiger partial charge in [0.15, 0.2) is 0 Å². The van der Waals surface area contributed by atoms with Crippen LogP contribution in [0.2, 0.25) is 0 Å². The van der Waals surface area contributed by atoms with Crippen molar-refractivity contribution in [1.82, 2.24) is 9.78 Å². The van der Waals surface area contributed by atoms with E-state index in [4.69, 9.17) is 5.11 Å². The summed E-state index contributed by atoms with van der Waals surface area (Å²) >= 11 is 0. The van der Waals surface area contributed by atoms with Crippen molar-refractivity contribution in [3.63, 3.8) is 0 Å². The lowest BCUT2D eigenvalue weighted by Gasteiger charge is -2.07. The number of anilines is 1. The average Bonchev–Trinajstić information content (AvgIpc) is 3.23. The van der Waals surface area contributed by atoms with E-state index >= 15 is 0 Å². The molecule has 0 radical (unpaired) electrons. The molecule has 0 unspecified atom stereocenters. The van der Waals surface area contributed by atoms with Crippen LogP contribution in [-0.4, -0.2) is 26.8 Å². The fourth-order valence-electron chi connectivity index (χ4n) is 3.31. The van der Waals surface area contributed by atoms with Crippen molar-refractivity contribution in [2.45, 2.75) is 13.0 Å². The Kier molecular flexibility index (Phi) is 5.89. The molecule has 1 aromatic heterocycles. The number of amides is 1. The van der Waals surface area contributed by atoms with Crippen LogP contribution in [0.15, 0.2) is 91.3 Å². The van der Waals surface area contributed by atoms with Crippen LogP contribution in [0, 0.1) is 0 Å². The molecule has 2 N–H and O–H groups in total. The lowest BCUT2D eigenvalue weighted by atomic mass is 10.1. The SMILES string of the molecule is O=C(Cc1ccc(-c2cnn(Cc3ccccc3)c2)cc1)Nc1cccc(C(=O)O)c1. The van der Waals surface area contributed by atoms with Gasteiger partial charge in [-0.15, -0.1) is 0 Å². The number of carboxylic acid groups (broad SMARTS) is 1. The molecule has 0 fully saturated rings. The van der Waals surface area contributed by atoms with Gasteiger partial charge < -0.3 is 10.4 Å². The van der Waals surface area contributed by atoms with Crippen molar-refractivity contribution in [2.24, 2.45) is 0 Å². The minimum atomic E-state index is -1.03. The first kappa shape index (κ1) is 20.1. The van der Waals surface area contributed by atoms with E-state index in [0.717, 1.165) is 16.7 Å². The Morgan fingerprint density at radius 3 is 2.39 bits per heavy atom. The summed E-state index contributed by atoms with van der Waals surface area (Å²) in [7, 11) is 0. The fraction of sp³-hybridized carbons (Fsp3) is 0.0800. The van der Waals surface area contributed by atoms with Gasteiger partial charge in [0.05, 0.1) is 24.7 Å². The summed E-state index contributed by atoms with van der Waals surface area (Å²) in [5, 5.41) is 16.2. The monoisotopic (exact) mass is 411 g/mol. The van der Waals surface area contributed by atoms with E-state index in [2.05, 4.69) is 22.5 Å². The first-order valence-electron chi connectivity index (χ1n) is 9.86. The molecule has 0 aliphatic heterocycles. The topological polar surface area (TPSA) is 84.2 Å². The molecule has 1 heterocycles. The Bertz CT molecular complexity index is 1200. The Hall–Kier alpha value is -4.19. The molecule has 154 valence electrons. The molecule has 0 saturated heterocycles. The summed E-state index contributed by atoms with van der Waals surface area (Å²) < 4.78 is 1.90. The van der Waals surface area contributed by atoms with E-state index in [0.29, 0.717) is 12.2 Å². The van der Waals surface area contributed by atoms with Gasteiger partial charge in [0, 0.05) is 17.4 Å². The predicted octanol–water partition coefficient (Wildman–Crippen LogP) is 4.48. The van der Waals surface area contributed by atoms with Gasteiger partial charge in [-0.05, 0) is 34.9 Å². The maximum absolute atomic E-state index is 12.3. The number of benzene rings is 3. The number of aromatic nitrogens is 2. The predicted molar refractivity (Wildman–Crippen MR) is 119 cm³/mol. The van der Waals surface area contributed by atoms with Gasteiger partial charge in [0.1, 0.15) is 0 Å². The second kappa shape index (κ2) is 9.09. The molecular weight excluding hydrogens is 390 g/mol. The number of carboxylic acids is 1. The second-order valence-corrected chi connectivity index (χ2v) is 7.22. The van der Waals surface area contributed by atoms with Crippen molar-refractivity contribution in [1.29, 1.82) is 0 Å². The fourth-order valence-corrected chi connectivity index (χ4v) is 3.31. The maximum atomic E-state index is 12.3. The third kappa shape index (κ3) is 5.25. The number of aromatic carboxylic acids is 1. The molecule has 6 nitrogen and oxygen atoms in total. The zero-order chi connectivity index (χ0) is 21.6. The number of hydrogen-bond acceptors (Lipinski definition) is 3. The molecule has 31 heavy (non-hydrogen) atoms. The van der Waals surface area contributed by atoms with Crippen molar-refractivity contribution < 1.29 is 14.7 Å².